The zero-order chi connectivity index (χ0) is 16.0. The number of benzene rings is 1. The number of hydrogen-bond donors (Lipinski definition) is 1. The van der Waals surface area contributed by atoms with E-state index < -0.39 is 15.8 Å². The van der Waals surface area contributed by atoms with Crippen molar-refractivity contribution >= 4 is 10.0 Å². The van der Waals surface area contributed by atoms with Gasteiger partial charge >= 0.3 is 0 Å². The Morgan fingerprint density at radius 2 is 2.00 bits per heavy atom. The summed E-state index contributed by atoms with van der Waals surface area (Å²) in [5, 5.41) is 3.16. The second kappa shape index (κ2) is 7.87. The largest absolute Gasteiger partial charge is 0.313 e. The maximum Gasteiger partial charge on any atom is 0.243 e. The first-order valence-electron chi connectivity index (χ1n) is 7.24. The molecule has 0 bridgehead atoms. The summed E-state index contributed by atoms with van der Waals surface area (Å²) in [7, 11) is -2.14. The quantitative estimate of drug-likeness (QED) is 0.750. The number of nitrogens with one attached hydrogen (secondary N) is 1. The number of rotatable bonds is 8. The summed E-state index contributed by atoms with van der Waals surface area (Å²) in [5.74, 6) is -0.328. The second-order valence-corrected chi connectivity index (χ2v) is 7.62. The van der Waals surface area contributed by atoms with Crippen molar-refractivity contribution in [3.8, 4) is 0 Å². The maximum atomic E-state index is 13.5. The first-order chi connectivity index (χ1) is 9.78. The highest BCUT2D eigenvalue weighted by Gasteiger charge is 2.24. The van der Waals surface area contributed by atoms with Crippen molar-refractivity contribution in [2.75, 3.05) is 20.1 Å². The van der Waals surface area contributed by atoms with Gasteiger partial charge in [-0.3, -0.25) is 0 Å². The summed E-state index contributed by atoms with van der Waals surface area (Å²) < 4.78 is 40.0. The van der Waals surface area contributed by atoms with Crippen molar-refractivity contribution in [1.29, 1.82) is 0 Å². The number of hydrogen-bond acceptors (Lipinski definition) is 3. The van der Waals surface area contributed by atoms with Crippen molar-refractivity contribution in [3.63, 3.8) is 0 Å². The highest BCUT2D eigenvalue weighted by molar-refractivity contribution is 7.89. The molecule has 1 rings (SSSR count). The van der Waals surface area contributed by atoms with Crippen molar-refractivity contribution in [3.05, 3.63) is 29.6 Å². The summed E-state index contributed by atoms with van der Waals surface area (Å²) in [6, 6.07) is 3.94. The molecule has 0 saturated heterocycles. The molecule has 0 radical (unpaired) electrons. The van der Waals surface area contributed by atoms with Crippen LogP contribution < -0.4 is 5.32 Å². The summed E-state index contributed by atoms with van der Waals surface area (Å²) in [6.45, 7) is 7.53. The van der Waals surface area contributed by atoms with Gasteiger partial charge in [-0.15, -0.1) is 0 Å². The third-order valence-corrected chi connectivity index (χ3v) is 4.99. The number of nitrogens with zero attached hydrogens (tertiary/aromatic N) is 1. The fourth-order valence-corrected chi connectivity index (χ4v) is 3.66. The zero-order valence-corrected chi connectivity index (χ0v) is 14.0. The molecule has 0 aliphatic heterocycles. The van der Waals surface area contributed by atoms with Crippen LogP contribution in [0.5, 0.6) is 0 Å². The smallest absolute Gasteiger partial charge is 0.243 e. The van der Waals surface area contributed by atoms with Gasteiger partial charge in [0.05, 0.1) is 4.90 Å². The molecule has 1 aromatic rings. The van der Waals surface area contributed by atoms with Gasteiger partial charge in [-0.25, -0.2) is 17.1 Å². The molecule has 0 aromatic heterocycles. The van der Waals surface area contributed by atoms with Crippen LogP contribution in [0.1, 0.15) is 32.8 Å². The molecule has 120 valence electrons. The molecular formula is C15H25FN2O2S. The van der Waals surface area contributed by atoms with Gasteiger partial charge < -0.3 is 5.32 Å². The Balaban J connectivity index is 3.11. The van der Waals surface area contributed by atoms with E-state index in [-0.39, 0.29) is 10.8 Å². The zero-order valence-electron chi connectivity index (χ0n) is 13.2. The molecule has 1 N–H and O–H groups in total. The van der Waals surface area contributed by atoms with E-state index in [1.807, 2.05) is 20.8 Å². The Kier molecular flexibility index (Phi) is 6.77. The molecule has 0 fully saturated rings. The average molecular weight is 316 g/mol. The third kappa shape index (κ3) is 5.05. The van der Waals surface area contributed by atoms with Crippen LogP contribution in [0.15, 0.2) is 23.1 Å². The Labute approximate surface area is 127 Å². The van der Waals surface area contributed by atoms with E-state index in [0.29, 0.717) is 18.7 Å². The highest BCUT2D eigenvalue weighted by Crippen LogP contribution is 2.21. The fraction of sp³-hybridized carbons (Fsp3) is 0.600. The lowest BCUT2D eigenvalue weighted by atomic mass is 10.2. The normalized spacial score (nSPS) is 12.3. The molecule has 0 unspecified atom stereocenters. The Morgan fingerprint density at radius 3 is 2.57 bits per heavy atom. The molecule has 0 amide bonds. The Morgan fingerprint density at radius 1 is 1.33 bits per heavy atom. The van der Waals surface area contributed by atoms with Gasteiger partial charge in [0, 0.05) is 20.1 Å². The van der Waals surface area contributed by atoms with E-state index in [1.54, 1.807) is 0 Å². The van der Waals surface area contributed by atoms with Crippen molar-refractivity contribution in [2.45, 2.75) is 38.6 Å². The van der Waals surface area contributed by atoms with Gasteiger partial charge in [-0.2, -0.15) is 0 Å². The lowest BCUT2D eigenvalue weighted by Crippen LogP contribution is -2.31. The van der Waals surface area contributed by atoms with Crippen LogP contribution in [0.4, 0.5) is 4.39 Å². The van der Waals surface area contributed by atoms with Crippen molar-refractivity contribution in [1.82, 2.24) is 9.62 Å². The van der Waals surface area contributed by atoms with E-state index in [2.05, 4.69) is 5.32 Å². The Hall–Kier alpha value is -0.980. The van der Waals surface area contributed by atoms with Crippen LogP contribution in [0.3, 0.4) is 0 Å². The minimum Gasteiger partial charge on any atom is -0.313 e. The summed E-state index contributed by atoms with van der Waals surface area (Å²) in [5.41, 5.74) is 0.598. The van der Waals surface area contributed by atoms with Gasteiger partial charge in [0.25, 0.3) is 0 Å². The fourth-order valence-electron chi connectivity index (χ4n) is 2.09. The van der Waals surface area contributed by atoms with Crippen LogP contribution in [0.25, 0.3) is 0 Å². The topological polar surface area (TPSA) is 49.4 Å². The van der Waals surface area contributed by atoms with E-state index in [0.717, 1.165) is 19.0 Å². The van der Waals surface area contributed by atoms with E-state index in [1.165, 1.54) is 23.5 Å². The Bertz CT molecular complexity index is 559. The predicted octanol–water partition coefficient (Wildman–Crippen LogP) is 2.60. The molecule has 0 saturated carbocycles. The van der Waals surface area contributed by atoms with Crippen LogP contribution >= 0.6 is 0 Å². The van der Waals surface area contributed by atoms with Gasteiger partial charge in [0.15, 0.2) is 0 Å². The highest BCUT2D eigenvalue weighted by atomic mass is 32.2. The van der Waals surface area contributed by atoms with Gasteiger partial charge in [0.2, 0.25) is 10.0 Å². The van der Waals surface area contributed by atoms with Crippen molar-refractivity contribution < 1.29 is 12.8 Å². The third-order valence-electron chi connectivity index (χ3n) is 3.08. The maximum absolute atomic E-state index is 13.5. The molecule has 0 heterocycles. The first-order valence-corrected chi connectivity index (χ1v) is 8.68. The molecular weight excluding hydrogens is 291 g/mol. The summed E-state index contributed by atoms with van der Waals surface area (Å²) in [6.07, 6.45) is 0.955. The SMILES string of the molecule is CCCNCc1ccc(F)cc1S(=O)(=O)N(C)CC(C)C. The average Bonchev–Trinajstić information content (AvgIpc) is 2.39. The van der Waals surface area contributed by atoms with Crippen LogP contribution in [0.2, 0.25) is 0 Å². The minimum absolute atomic E-state index is 0.0502. The van der Waals surface area contributed by atoms with Crippen LogP contribution in [-0.4, -0.2) is 32.9 Å². The molecule has 1 aromatic carbocycles. The number of sulfonamides is 1. The van der Waals surface area contributed by atoms with Crippen LogP contribution in [0, 0.1) is 11.7 Å². The molecule has 0 atom stereocenters. The summed E-state index contributed by atoms with van der Waals surface area (Å²) >= 11 is 0. The molecule has 0 aliphatic carbocycles. The van der Waals surface area contributed by atoms with Crippen LogP contribution in [-0.2, 0) is 16.6 Å². The lowest BCUT2D eigenvalue weighted by Gasteiger charge is -2.21. The molecule has 0 aliphatic rings. The second-order valence-electron chi connectivity index (χ2n) is 5.61. The summed E-state index contributed by atoms with van der Waals surface area (Å²) in [4.78, 5) is 0.0502. The minimum atomic E-state index is -3.67. The number of halogens is 1. The molecule has 0 spiro atoms. The molecule has 4 nitrogen and oxygen atoms in total. The monoisotopic (exact) mass is 316 g/mol. The predicted molar refractivity (Wildman–Crippen MR) is 83.1 cm³/mol. The molecule has 6 heteroatoms. The van der Waals surface area contributed by atoms with Gasteiger partial charge in [-0.1, -0.05) is 26.8 Å². The van der Waals surface area contributed by atoms with Gasteiger partial charge in [-0.05, 0) is 36.6 Å². The standard InChI is InChI=1S/C15H25FN2O2S/c1-5-8-17-10-13-6-7-14(16)9-15(13)21(19,20)18(4)11-12(2)3/h6-7,9,12,17H,5,8,10-11H2,1-4H3. The van der Waals surface area contributed by atoms with Crippen molar-refractivity contribution in [2.24, 2.45) is 5.92 Å². The first kappa shape index (κ1) is 18.1. The van der Waals surface area contributed by atoms with E-state index in [4.69, 9.17) is 0 Å². The van der Waals surface area contributed by atoms with E-state index in [9.17, 15) is 12.8 Å². The molecule has 21 heavy (non-hydrogen) atoms. The van der Waals surface area contributed by atoms with Gasteiger partial charge in [0.1, 0.15) is 5.82 Å². The lowest BCUT2D eigenvalue weighted by molar-refractivity contribution is 0.416. The van der Waals surface area contributed by atoms with E-state index >= 15 is 0 Å².